The molecule has 2 N–H and O–H groups in total. The zero-order valence-electron chi connectivity index (χ0n) is 13.0. The van der Waals surface area contributed by atoms with Crippen LogP contribution in [0.1, 0.15) is 25.9 Å². The summed E-state index contributed by atoms with van der Waals surface area (Å²) in [6, 6.07) is 0. The molecular weight excluding hydrogens is 304 g/mol. The Morgan fingerprint density at radius 1 is 1.39 bits per heavy atom. The summed E-state index contributed by atoms with van der Waals surface area (Å²) in [6.07, 6.45) is -0.380. The summed E-state index contributed by atoms with van der Waals surface area (Å²) in [5, 5.41) is 9.54. The lowest BCUT2D eigenvalue weighted by Gasteiger charge is -2.24. The Balaban J connectivity index is 1.80. The van der Waals surface area contributed by atoms with E-state index in [9.17, 15) is 9.90 Å². The van der Waals surface area contributed by atoms with E-state index in [0.717, 1.165) is 0 Å². The predicted molar refractivity (Wildman–Crippen MR) is 77.7 cm³/mol. The fourth-order valence-corrected chi connectivity index (χ4v) is 3.25. The van der Waals surface area contributed by atoms with Gasteiger partial charge in [-0.25, -0.2) is 9.97 Å². The van der Waals surface area contributed by atoms with Crippen LogP contribution in [-0.4, -0.2) is 55.3 Å². The molecule has 9 heteroatoms. The highest BCUT2D eigenvalue weighted by molar-refractivity contribution is 5.69. The van der Waals surface area contributed by atoms with Crippen molar-refractivity contribution in [1.82, 2.24) is 19.5 Å². The number of ether oxygens (including phenoxy) is 3. The molecule has 4 heterocycles. The molecule has 4 atom stereocenters. The van der Waals surface area contributed by atoms with Crippen LogP contribution in [0.15, 0.2) is 11.1 Å². The number of H-pyrrole nitrogens is 1. The maximum atomic E-state index is 12.0. The number of fused-ring (bicyclic) bond motifs is 2. The van der Waals surface area contributed by atoms with Crippen LogP contribution in [-0.2, 0) is 14.2 Å². The van der Waals surface area contributed by atoms with Gasteiger partial charge in [0, 0.05) is 0 Å². The molecule has 0 radical (unpaired) electrons. The van der Waals surface area contributed by atoms with Gasteiger partial charge in [-0.2, -0.15) is 0 Å². The lowest BCUT2D eigenvalue weighted by molar-refractivity contribution is -0.199. The molecule has 2 saturated heterocycles. The molecule has 0 aromatic carbocycles. The lowest BCUT2D eigenvalue weighted by atomic mass is 10.1. The molecule has 0 saturated carbocycles. The summed E-state index contributed by atoms with van der Waals surface area (Å²) in [6.45, 7) is 5.15. The van der Waals surface area contributed by atoms with E-state index in [1.54, 1.807) is 11.5 Å². The lowest BCUT2D eigenvalue weighted by Crippen LogP contribution is -2.31. The molecule has 4 rings (SSSR count). The Labute approximate surface area is 131 Å². The van der Waals surface area contributed by atoms with Gasteiger partial charge in [-0.3, -0.25) is 9.36 Å². The van der Waals surface area contributed by atoms with Crippen molar-refractivity contribution in [2.45, 2.75) is 51.1 Å². The van der Waals surface area contributed by atoms with E-state index in [4.69, 9.17) is 14.2 Å². The zero-order chi connectivity index (χ0) is 16.4. The third-order valence-electron chi connectivity index (χ3n) is 4.13. The van der Waals surface area contributed by atoms with E-state index in [1.165, 1.54) is 6.33 Å². The molecule has 124 valence electrons. The molecule has 2 fully saturated rings. The van der Waals surface area contributed by atoms with Crippen molar-refractivity contribution in [3.8, 4) is 0 Å². The molecule has 9 nitrogen and oxygen atoms in total. The first kappa shape index (κ1) is 14.8. The SMILES string of the molecule is Cc1nc2c(ncn2[C@@H]2O[C@H](CO)[C@@H]3OC(C)(C)OC32)c(=O)[nH]1. The number of hydrogen-bond acceptors (Lipinski definition) is 7. The minimum Gasteiger partial charge on any atom is -0.394 e. The van der Waals surface area contributed by atoms with Crippen LogP contribution in [0.2, 0.25) is 0 Å². The monoisotopic (exact) mass is 322 g/mol. The summed E-state index contributed by atoms with van der Waals surface area (Å²) < 4.78 is 19.3. The number of nitrogens with zero attached hydrogens (tertiary/aromatic N) is 3. The fourth-order valence-electron chi connectivity index (χ4n) is 3.25. The van der Waals surface area contributed by atoms with E-state index in [1.807, 2.05) is 13.8 Å². The molecule has 1 unspecified atom stereocenters. The van der Waals surface area contributed by atoms with Gasteiger partial charge in [-0.15, -0.1) is 0 Å². The van der Waals surface area contributed by atoms with Crippen molar-refractivity contribution in [1.29, 1.82) is 0 Å². The maximum Gasteiger partial charge on any atom is 0.279 e. The average molecular weight is 322 g/mol. The van der Waals surface area contributed by atoms with Gasteiger partial charge in [-0.1, -0.05) is 0 Å². The van der Waals surface area contributed by atoms with Gasteiger partial charge >= 0.3 is 0 Å². The average Bonchev–Trinajstić information content (AvgIpc) is 3.09. The summed E-state index contributed by atoms with van der Waals surface area (Å²) >= 11 is 0. The van der Waals surface area contributed by atoms with Gasteiger partial charge in [0.2, 0.25) is 0 Å². The quantitative estimate of drug-likeness (QED) is 0.790. The van der Waals surface area contributed by atoms with Gasteiger partial charge in [0.05, 0.1) is 12.9 Å². The van der Waals surface area contributed by atoms with Crippen LogP contribution in [0, 0.1) is 6.92 Å². The summed E-state index contributed by atoms with van der Waals surface area (Å²) in [7, 11) is 0. The van der Waals surface area contributed by atoms with Crippen molar-refractivity contribution in [2.75, 3.05) is 6.61 Å². The second kappa shape index (κ2) is 4.84. The third kappa shape index (κ3) is 2.19. The first-order valence-electron chi connectivity index (χ1n) is 7.45. The maximum absolute atomic E-state index is 12.0. The Morgan fingerprint density at radius 2 is 2.13 bits per heavy atom. The number of aromatic amines is 1. The number of aryl methyl sites for hydroxylation is 1. The molecule has 2 aliphatic rings. The van der Waals surface area contributed by atoms with E-state index in [2.05, 4.69) is 15.0 Å². The van der Waals surface area contributed by atoms with Crippen LogP contribution in [0.25, 0.3) is 11.2 Å². The van der Waals surface area contributed by atoms with Crippen molar-refractivity contribution in [3.05, 3.63) is 22.5 Å². The number of aromatic nitrogens is 4. The summed E-state index contributed by atoms with van der Waals surface area (Å²) in [4.78, 5) is 23.1. The number of hydrogen-bond donors (Lipinski definition) is 2. The molecule has 0 spiro atoms. The highest BCUT2D eigenvalue weighted by Gasteiger charge is 2.55. The van der Waals surface area contributed by atoms with Crippen molar-refractivity contribution >= 4 is 11.2 Å². The number of aliphatic hydroxyl groups excluding tert-OH is 1. The topological polar surface area (TPSA) is 111 Å². The van der Waals surface area contributed by atoms with Crippen molar-refractivity contribution < 1.29 is 19.3 Å². The minimum absolute atomic E-state index is 0.184. The molecule has 0 bridgehead atoms. The van der Waals surface area contributed by atoms with E-state index >= 15 is 0 Å². The van der Waals surface area contributed by atoms with Crippen LogP contribution < -0.4 is 5.56 Å². The van der Waals surface area contributed by atoms with Crippen molar-refractivity contribution in [3.63, 3.8) is 0 Å². The molecule has 2 aromatic rings. The summed E-state index contributed by atoms with van der Waals surface area (Å²) in [5.41, 5.74) is 0.353. The Hall–Kier alpha value is -1.81. The van der Waals surface area contributed by atoms with Gasteiger partial charge in [0.1, 0.15) is 24.1 Å². The fraction of sp³-hybridized carbons (Fsp3) is 0.643. The normalized spacial score (nSPS) is 32.5. The van der Waals surface area contributed by atoms with Gasteiger partial charge < -0.3 is 24.3 Å². The van der Waals surface area contributed by atoms with Crippen LogP contribution in [0.3, 0.4) is 0 Å². The summed E-state index contributed by atoms with van der Waals surface area (Å²) in [5.74, 6) is -0.274. The van der Waals surface area contributed by atoms with E-state index in [0.29, 0.717) is 11.5 Å². The number of nitrogens with one attached hydrogen (secondary N) is 1. The zero-order valence-corrected chi connectivity index (χ0v) is 13.0. The van der Waals surface area contributed by atoms with Crippen LogP contribution in [0.4, 0.5) is 0 Å². The number of imidazole rings is 1. The van der Waals surface area contributed by atoms with E-state index in [-0.39, 0.29) is 23.8 Å². The van der Waals surface area contributed by atoms with Crippen LogP contribution >= 0.6 is 0 Å². The van der Waals surface area contributed by atoms with Crippen molar-refractivity contribution in [2.24, 2.45) is 0 Å². The Morgan fingerprint density at radius 3 is 2.87 bits per heavy atom. The highest BCUT2D eigenvalue weighted by Crippen LogP contribution is 2.43. The van der Waals surface area contributed by atoms with Gasteiger partial charge in [0.15, 0.2) is 23.2 Å². The Bertz CT molecular complexity index is 813. The number of rotatable bonds is 2. The second-order valence-electron chi connectivity index (χ2n) is 6.29. The van der Waals surface area contributed by atoms with Crippen LogP contribution in [0.5, 0.6) is 0 Å². The number of aliphatic hydroxyl groups is 1. The molecule has 23 heavy (non-hydrogen) atoms. The second-order valence-corrected chi connectivity index (χ2v) is 6.29. The molecule has 0 aliphatic carbocycles. The molecule has 2 aliphatic heterocycles. The predicted octanol–water partition coefficient (Wildman–Crippen LogP) is -0.162. The Kier molecular flexibility index (Phi) is 3.11. The minimum atomic E-state index is -0.762. The molecule has 0 amide bonds. The first-order chi connectivity index (χ1) is 10.9. The largest absolute Gasteiger partial charge is 0.394 e. The standard InChI is InChI=1S/C14H18N4O5/c1-6-16-11-8(12(20)17-6)15-5-18(11)13-10-9(7(4-19)21-13)22-14(2,3)23-10/h5,7,9-10,13,19H,4H2,1-3H3,(H,16,17,20)/t7-,9+,10?,13-/m1/s1. The molecule has 2 aromatic heterocycles. The first-order valence-corrected chi connectivity index (χ1v) is 7.45. The van der Waals surface area contributed by atoms with Gasteiger partial charge in [-0.05, 0) is 20.8 Å². The third-order valence-corrected chi connectivity index (χ3v) is 4.13. The van der Waals surface area contributed by atoms with E-state index < -0.39 is 24.2 Å². The molecular formula is C14H18N4O5. The highest BCUT2D eigenvalue weighted by atomic mass is 16.8. The smallest absolute Gasteiger partial charge is 0.279 e. The van der Waals surface area contributed by atoms with Gasteiger partial charge in [0.25, 0.3) is 5.56 Å².